The molecule has 0 radical (unpaired) electrons. The highest BCUT2D eigenvalue weighted by Gasteiger charge is 2.19. The van der Waals surface area contributed by atoms with Crippen molar-refractivity contribution in [3.8, 4) is 0 Å². The number of carbonyl (C=O) groups is 3. The molecule has 0 aromatic heterocycles. The fourth-order valence-corrected chi connectivity index (χ4v) is 8.79. The second-order valence-electron chi connectivity index (χ2n) is 20.6. The van der Waals surface area contributed by atoms with Crippen LogP contribution in [0, 0.1) is 0 Å². The Labute approximate surface area is 440 Å². The Morgan fingerprint density at radius 2 is 0.507 bits per heavy atom. The predicted molar refractivity (Wildman–Crippen MR) is 307 cm³/mol. The summed E-state index contributed by atoms with van der Waals surface area (Å²) in [7, 11) is 0. The lowest BCUT2D eigenvalue weighted by molar-refractivity contribution is -0.167. The van der Waals surface area contributed by atoms with E-state index in [1.54, 1.807) is 0 Å². The van der Waals surface area contributed by atoms with Gasteiger partial charge in [-0.05, 0) is 109 Å². The fourth-order valence-electron chi connectivity index (χ4n) is 8.79. The van der Waals surface area contributed by atoms with Gasteiger partial charge < -0.3 is 14.2 Å². The van der Waals surface area contributed by atoms with Crippen molar-refractivity contribution in [3.05, 3.63) is 60.8 Å². The van der Waals surface area contributed by atoms with Gasteiger partial charge in [-0.2, -0.15) is 0 Å². The second kappa shape index (κ2) is 59.7. The van der Waals surface area contributed by atoms with Gasteiger partial charge in [-0.25, -0.2) is 0 Å². The largest absolute Gasteiger partial charge is 0.462 e. The summed E-state index contributed by atoms with van der Waals surface area (Å²) in [5.41, 5.74) is 0. The average Bonchev–Trinajstić information content (AvgIpc) is 3.37. The van der Waals surface area contributed by atoms with Gasteiger partial charge in [0.05, 0.1) is 0 Å². The molecule has 0 rings (SSSR count). The highest BCUT2D eigenvalue weighted by molar-refractivity contribution is 5.71. The maximum Gasteiger partial charge on any atom is 0.306 e. The molecule has 0 saturated heterocycles. The van der Waals surface area contributed by atoms with Gasteiger partial charge in [-0.3, -0.25) is 14.4 Å². The molecule has 412 valence electrons. The van der Waals surface area contributed by atoms with E-state index in [0.717, 1.165) is 83.5 Å². The van der Waals surface area contributed by atoms with E-state index < -0.39 is 6.10 Å². The van der Waals surface area contributed by atoms with Crippen molar-refractivity contribution in [1.29, 1.82) is 0 Å². The summed E-state index contributed by atoms with van der Waals surface area (Å²) in [5, 5.41) is 0. The van der Waals surface area contributed by atoms with E-state index in [-0.39, 0.29) is 31.1 Å². The summed E-state index contributed by atoms with van der Waals surface area (Å²) >= 11 is 0. The zero-order valence-corrected chi connectivity index (χ0v) is 47.2. The summed E-state index contributed by atoms with van der Waals surface area (Å²) in [6.45, 7) is 6.61. The third kappa shape index (κ3) is 57.9. The van der Waals surface area contributed by atoms with Crippen molar-refractivity contribution in [2.75, 3.05) is 13.2 Å². The molecule has 71 heavy (non-hydrogen) atoms. The lowest BCUT2D eigenvalue weighted by Gasteiger charge is -2.18. The van der Waals surface area contributed by atoms with Gasteiger partial charge in [-0.15, -0.1) is 0 Å². The minimum absolute atomic E-state index is 0.0835. The van der Waals surface area contributed by atoms with Crippen LogP contribution in [0.2, 0.25) is 0 Å². The number of ether oxygens (including phenoxy) is 3. The molecule has 0 fully saturated rings. The van der Waals surface area contributed by atoms with Crippen LogP contribution >= 0.6 is 0 Å². The molecule has 6 heteroatoms. The average molecular weight is 994 g/mol. The van der Waals surface area contributed by atoms with Crippen LogP contribution in [-0.4, -0.2) is 37.2 Å². The van der Waals surface area contributed by atoms with E-state index in [0.29, 0.717) is 19.3 Å². The number of esters is 3. The van der Waals surface area contributed by atoms with Crippen LogP contribution in [0.3, 0.4) is 0 Å². The highest BCUT2D eigenvalue weighted by Crippen LogP contribution is 2.16. The molecule has 6 nitrogen and oxygen atoms in total. The van der Waals surface area contributed by atoms with Gasteiger partial charge in [-0.1, -0.05) is 248 Å². The number of rotatable bonds is 56. The molecule has 0 aromatic carbocycles. The predicted octanol–water partition coefficient (Wildman–Crippen LogP) is 20.8. The van der Waals surface area contributed by atoms with E-state index in [9.17, 15) is 14.4 Å². The standard InChI is InChI=1S/C65H116O6/c1-4-7-10-13-16-19-22-25-28-30-31-32-33-35-37-40-43-46-49-52-55-58-64(67)70-61-62(60-69-63(66)57-54-51-48-45-42-39-36-27-24-21-18-15-12-9-6-3)71-65(68)59-56-53-50-47-44-41-38-34-29-26-23-20-17-14-11-8-5-2/h17,20-21,24-26,28-29,38,41,62H,4-16,18-19,22-23,27,30-37,39-40,42-61H2,1-3H3/b20-17-,24-21-,28-25-,29-26-,41-38-/t62-/m0/s1. The van der Waals surface area contributed by atoms with Crippen LogP contribution in [0.15, 0.2) is 60.8 Å². The normalized spacial score (nSPS) is 12.4. The van der Waals surface area contributed by atoms with Crippen molar-refractivity contribution < 1.29 is 28.6 Å². The van der Waals surface area contributed by atoms with E-state index in [2.05, 4.69) is 81.5 Å². The first-order valence-electron chi connectivity index (χ1n) is 30.8. The molecular weight excluding hydrogens is 877 g/mol. The number of hydrogen-bond acceptors (Lipinski definition) is 6. The Balaban J connectivity index is 4.37. The molecule has 0 bridgehead atoms. The molecule has 0 N–H and O–H groups in total. The third-order valence-corrected chi connectivity index (χ3v) is 13.5. The van der Waals surface area contributed by atoms with Gasteiger partial charge in [0.25, 0.3) is 0 Å². The first kappa shape index (κ1) is 68.1. The molecule has 0 aliphatic rings. The lowest BCUT2D eigenvalue weighted by Crippen LogP contribution is -2.30. The molecule has 0 saturated carbocycles. The van der Waals surface area contributed by atoms with Crippen molar-refractivity contribution in [2.24, 2.45) is 0 Å². The summed E-state index contributed by atoms with van der Waals surface area (Å²) in [5.74, 6) is -0.897. The first-order chi connectivity index (χ1) is 35.0. The number of carbonyl (C=O) groups excluding carboxylic acids is 3. The lowest BCUT2D eigenvalue weighted by atomic mass is 10.0. The van der Waals surface area contributed by atoms with Gasteiger partial charge in [0.15, 0.2) is 6.10 Å². The van der Waals surface area contributed by atoms with Crippen LogP contribution in [0.25, 0.3) is 0 Å². The molecule has 0 unspecified atom stereocenters. The van der Waals surface area contributed by atoms with Crippen molar-refractivity contribution >= 4 is 17.9 Å². The maximum absolute atomic E-state index is 12.9. The number of allylic oxidation sites excluding steroid dienone is 10. The molecule has 0 aromatic rings. The van der Waals surface area contributed by atoms with E-state index >= 15 is 0 Å². The zero-order chi connectivity index (χ0) is 51.4. The third-order valence-electron chi connectivity index (χ3n) is 13.5. The monoisotopic (exact) mass is 993 g/mol. The minimum Gasteiger partial charge on any atom is -0.462 e. The first-order valence-corrected chi connectivity index (χ1v) is 30.8. The highest BCUT2D eigenvalue weighted by atomic mass is 16.6. The van der Waals surface area contributed by atoms with Gasteiger partial charge in [0.1, 0.15) is 13.2 Å². The number of hydrogen-bond donors (Lipinski definition) is 0. The van der Waals surface area contributed by atoms with Crippen LogP contribution < -0.4 is 0 Å². The summed E-state index contributed by atoms with van der Waals surface area (Å²) < 4.78 is 16.9. The van der Waals surface area contributed by atoms with Gasteiger partial charge in [0.2, 0.25) is 0 Å². The summed E-state index contributed by atoms with van der Waals surface area (Å²) in [6.07, 6.45) is 75.0. The fraction of sp³-hybridized carbons (Fsp3) is 0.800. The quantitative estimate of drug-likeness (QED) is 0.0261. The molecule has 1 atom stereocenters. The Bertz CT molecular complexity index is 1280. The van der Waals surface area contributed by atoms with Crippen LogP contribution in [0.4, 0.5) is 0 Å². The van der Waals surface area contributed by atoms with Crippen molar-refractivity contribution in [2.45, 2.75) is 322 Å². The molecule has 0 heterocycles. The molecule has 0 aliphatic heterocycles. The summed E-state index contributed by atoms with van der Waals surface area (Å²) in [6, 6.07) is 0. The van der Waals surface area contributed by atoms with Crippen molar-refractivity contribution in [1.82, 2.24) is 0 Å². The molecule has 0 aliphatic carbocycles. The Kier molecular flexibility index (Phi) is 57.2. The van der Waals surface area contributed by atoms with E-state index in [1.165, 1.54) is 193 Å². The van der Waals surface area contributed by atoms with Crippen LogP contribution in [0.5, 0.6) is 0 Å². The number of unbranched alkanes of at least 4 members (excludes halogenated alkanes) is 35. The molecule has 0 amide bonds. The Morgan fingerprint density at radius 3 is 0.845 bits per heavy atom. The Hall–Kier alpha value is -2.89. The second-order valence-corrected chi connectivity index (χ2v) is 20.6. The van der Waals surface area contributed by atoms with E-state index in [4.69, 9.17) is 14.2 Å². The van der Waals surface area contributed by atoms with Crippen LogP contribution in [0.1, 0.15) is 316 Å². The minimum atomic E-state index is -0.788. The zero-order valence-electron chi connectivity index (χ0n) is 47.2. The molecular formula is C65H116O6. The van der Waals surface area contributed by atoms with Gasteiger partial charge in [0, 0.05) is 19.3 Å². The topological polar surface area (TPSA) is 78.9 Å². The maximum atomic E-state index is 12.9. The van der Waals surface area contributed by atoms with Gasteiger partial charge >= 0.3 is 17.9 Å². The summed E-state index contributed by atoms with van der Waals surface area (Å²) in [4.78, 5) is 38.2. The smallest absolute Gasteiger partial charge is 0.306 e. The SMILES string of the molecule is CCCCC/C=C\C/C=C\C/C=C\CCCCCCC(=O)O[C@@H](COC(=O)CCCCCCCCC/C=C\CCCCCC)COC(=O)CCCCCCCCCCCCC/C=C\CCCCCCCC. The molecule has 0 spiro atoms. The van der Waals surface area contributed by atoms with E-state index in [1.807, 2.05) is 0 Å². The van der Waals surface area contributed by atoms with Crippen LogP contribution in [-0.2, 0) is 28.6 Å². The Morgan fingerprint density at radius 1 is 0.282 bits per heavy atom. The van der Waals surface area contributed by atoms with Crippen molar-refractivity contribution in [3.63, 3.8) is 0 Å².